The van der Waals surface area contributed by atoms with Crippen LogP contribution in [0.1, 0.15) is 0 Å². The van der Waals surface area contributed by atoms with Crippen LogP contribution in [-0.2, 0) is 5.88 Å². The van der Waals surface area contributed by atoms with Gasteiger partial charge in [-0.15, -0.1) is 0 Å². The molecule has 38 valence electrons. The fraction of sp³-hybridized carbons (Fsp3) is 0.200. The quantitative estimate of drug-likeness (QED) is 0.525. The molecule has 0 aliphatic carbocycles. The molecule has 1 heterocycles. The van der Waals surface area contributed by atoms with Crippen molar-refractivity contribution in [1.29, 1.82) is 0 Å². The van der Waals surface area contributed by atoms with Crippen molar-refractivity contribution < 1.29 is 0 Å². The van der Waals surface area contributed by atoms with E-state index in [-0.39, 0.29) is 0 Å². The maximum atomic E-state index is 4.04. The molecule has 0 spiro atoms. The van der Waals surface area contributed by atoms with Gasteiger partial charge in [0.1, 0.15) is 0 Å². The van der Waals surface area contributed by atoms with Gasteiger partial charge in [-0.1, -0.05) is 0 Å². The molecular formula is C5H7NS. The fourth-order valence-corrected chi connectivity index (χ4v) is 0.653. The van der Waals surface area contributed by atoms with Crippen LogP contribution in [0.5, 0.6) is 0 Å². The maximum absolute atomic E-state index is 4.04. The number of hydrogen-bond donors (Lipinski definition) is 1. The van der Waals surface area contributed by atoms with Gasteiger partial charge in [-0.3, -0.25) is 0 Å². The van der Waals surface area contributed by atoms with E-state index in [0.717, 1.165) is 5.88 Å². The molecule has 0 N–H and O–H groups in total. The molecule has 2 heteroatoms. The van der Waals surface area contributed by atoms with Crippen LogP contribution in [0.25, 0.3) is 0 Å². The van der Waals surface area contributed by atoms with Crippen molar-refractivity contribution in [3.63, 3.8) is 0 Å². The minimum atomic E-state index is 0.771. The predicted molar refractivity (Wildman–Crippen MR) is 33.4 cm³/mol. The molecule has 1 rings (SSSR count). The summed E-state index contributed by atoms with van der Waals surface area (Å²) in [4.78, 5) is 0. The molecule has 0 amide bonds. The molecule has 0 atom stereocenters. The number of nitrogens with zero attached hydrogens (tertiary/aromatic N) is 1. The van der Waals surface area contributed by atoms with E-state index in [0.29, 0.717) is 0 Å². The summed E-state index contributed by atoms with van der Waals surface area (Å²) in [6.07, 6.45) is 3.96. The van der Waals surface area contributed by atoms with Crippen LogP contribution in [0.2, 0.25) is 0 Å². The summed E-state index contributed by atoms with van der Waals surface area (Å²) < 4.78 is 1.99. The van der Waals surface area contributed by atoms with Crippen LogP contribution in [0.15, 0.2) is 24.5 Å². The normalized spacial score (nSPS) is 9.29. The number of hydrogen-bond acceptors (Lipinski definition) is 1. The Morgan fingerprint density at radius 1 is 1.29 bits per heavy atom. The lowest BCUT2D eigenvalue weighted by atomic mass is 10.7. The van der Waals surface area contributed by atoms with Crippen LogP contribution in [0, 0.1) is 0 Å². The highest BCUT2D eigenvalue weighted by atomic mass is 32.1. The molecule has 0 saturated carbocycles. The van der Waals surface area contributed by atoms with E-state index in [1.165, 1.54) is 0 Å². The highest BCUT2D eigenvalue weighted by molar-refractivity contribution is 7.79. The Kier molecular flexibility index (Phi) is 1.42. The second kappa shape index (κ2) is 2.07. The average molecular weight is 113 g/mol. The monoisotopic (exact) mass is 113 g/mol. The fourth-order valence-electron chi connectivity index (χ4n) is 0.464. The lowest BCUT2D eigenvalue weighted by molar-refractivity contribution is 0.908. The Hall–Kier alpha value is -0.370. The van der Waals surface area contributed by atoms with Gasteiger partial charge in [0, 0.05) is 12.4 Å². The number of rotatable bonds is 1. The summed E-state index contributed by atoms with van der Waals surface area (Å²) in [6.45, 7) is 0. The van der Waals surface area contributed by atoms with Crippen LogP contribution in [0.3, 0.4) is 0 Å². The van der Waals surface area contributed by atoms with Crippen LogP contribution in [0.4, 0.5) is 0 Å². The summed E-state index contributed by atoms with van der Waals surface area (Å²) >= 11 is 4.04. The molecule has 0 saturated heterocycles. The first kappa shape index (κ1) is 4.78. The van der Waals surface area contributed by atoms with Gasteiger partial charge in [-0.2, -0.15) is 12.6 Å². The lowest BCUT2D eigenvalue weighted by Crippen LogP contribution is -1.82. The molecule has 0 aromatic carbocycles. The minimum Gasteiger partial charge on any atom is -0.345 e. The average Bonchev–Trinajstić information content (AvgIpc) is 2.14. The van der Waals surface area contributed by atoms with Crippen molar-refractivity contribution >= 4 is 12.6 Å². The van der Waals surface area contributed by atoms with Crippen LogP contribution < -0.4 is 0 Å². The Labute approximate surface area is 48.4 Å². The van der Waals surface area contributed by atoms with E-state index in [2.05, 4.69) is 12.6 Å². The van der Waals surface area contributed by atoms with Gasteiger partial charge >= 0.3 is 0 Å². The predicted octanol–water partition coefficient (Wildman–Crippen LogP) is 1.38. The van der Waals surface area contributed by atoms with Gasteiger partial charge in [0.05, 0.1) is 5.88 Å². The smallest absolute Gasteiger partial charge is 0.0647 e. The zero-order valence-electron chi connectivity index (χ0n) is 3.91. The molecular weight excluding hydrogens is 106 g/mol. The van der Waals surface area contributed by atoms with E-state index >= 15 is 0 Å². The summed E-state index contributed by atoms with van der Waals surface area (Å²) in [7, 11) is 0. The van der Waals surface area contributed by atoms with Crippen molar-refractivity contribution in [2.75, 3.05) is 0 Å². The van der Waals surface area contributed by atoms with E-state index < -0.39 is 0 Å². The SMILES string of the molecule is SCn1cccc1. The Morgan fingerprint density at radius 3 is 2.14 bits per heavy atom. The maximum Gasteiger partial charge on any atom is 0.0647 e. The highest BCUT2D eigenvalue weighted by Gasteiger charge is 1.76. The molecule has 0 radical (unpaired) electrons. The van der Waals surface area contributed by atoms with Crippen LogP contribution >= 0.6 is 12.6 Å². The highest BCUT2D eigenvalue weighted by Crippen LogP contribution is 1.89. The summed E-state index contributed by atoms with van der Waals surface area (Å²) in [5, 5.41) is 0. The van der Waals surface area contributed by atoms with Crippen molar-refractivity contribution in [3.05, 3.63) is 24.5 Å². The Bertz CT molecular complexity index is 123. The Balaban J connectivity index is 2.76. The Morgan fingerprint density at radius 2 is 1.86 bits per heavy atom. The topological polar surface area (TPSA) is 4.93 Å². The van der Waals surface area contributed by atoms with Crippen molar-refractivity contribution in [1.82, 2.24) is 4.57 Å². The minimum absolute atomic E-state index is 0.771. The molecule has 0 bridgehead atoms. The molecule has 1 nitrogen and oxygen atoms in total. The van der Waals surface area contributed by atoms with E-state index in [1.807, 2.05) is 29.1 Å². The van der Waals surface area contributed by atoms with Gasteiger partial charge < -0.3 is 4.57 Å². The lowest BCUT2D eigenvalue weighted by Gasteiger charge is -1.89. The van der Waals surface area contributed by atoms with Crippen molar-refractivity contribution in [3.8, 4) is 0 Å². The first-order valence-electron chi connectivity index (χ1n) is 2.15. The van der Waals surface area contributed by atoms with Gasteiger partial charge in [0.15, 0.2) is 0 Å². The first-order chi connectivity index (χ1) is 3.43. The second-order valence-electron chi connectivity index (χ2n) is 1.34. The molecule has 1 aromatic rings. The molecule has 0 aliphatic rings. The molecule has 0 unspecified atom stereocenters. The van der Waals surface area contributed by atoms with Crippen molar-refractivity contribution in [2.24, 2.45) is 0 Å². The van der Waals surface area contributed by atoms with Gasteiger partial charge in [-0.25, -0.2) is 0 Å². The molecule has 7 heavy (non-hydrogen) atoms. The molecule has 0 aliphatic heterocycles. The molecule has 1 aromatic heterocycles. The van der Waals surface area contributed by atoms with Crippen LogP contribution in [-0.4, -0.2) is 4.57 Å². The zero-order chi connectivity index (χ0) is 5.11. The van der Waals surface area contributed by atoms with Gasteiger partial charge in [0.2, 0.25) is 0 Å². The third-order valence-corrected chi connectivity index (χ3v) is 1.16. The summed E-state index contributed by atoms with van der Waals surface area (Å²) in [6, 6.07) is 3.96. The first-order valence-corrected chi connectivity index (χ1v) is 2.78. The summed E-state index contributed by atoms with van der Waals surface area (Å²) in [5.74, 6) is 0.771. The van der Waals surface area contributed by atoms with Gasteiger partial charge in [0.25, 0.3) is 0 Å². The van der Waals surface area contributed by atoms with Crippen molar-refractivity contribution in [2.45, 2.75) is 5.88 Å². The third kappa shape index (κ3) is 0.996. The van der Waals surface area contributed by atoms with E-state index in [1.54, 1.807) is 0 Å². The molecule has 0 fully saturated rings. The third-order valence-electron chi connectivity index (χ3n) is 0.829. The van der Waals surface area contributed by atoms with E-state index in [9.17, 15) is 0 Å². The number of aromatic nitrogens is 1. The second-order valence-corrected chi connectivity index (χ2v) is 1.62. The largest absolute Gasteiger partial charge is 0.345 e. The summed E-state index contributed by atoms with van der Waals surface area (Å²) in [5.41, 5.74) is 0. The van der Waals surface area contributed by atoms with E-state index in [4.69, 9.17) is 0 Å². The van der Waals surface area contributed by atoms with Gasteiger partial charge in [-0.05, 0) is 12.1 Å². The number of thiol groups is 1. The standard InChI is InChI=1S/C5H7NS/c7-5-6-3-1-2-4-6/h1-4,7H,5H2. The zero-order valence-corrected chi connectivity index (χ0v) is 4.81.